The third-order valence-electron chi connectivity index (χ3n) is 4.28. The first-order valence-corrected chi connectivity index (χ1v) is 9.34. The van der Waals surface area contributed by atoms with Gasteiger partial charge in [-0.25, -0.2) is 0 Å². The summed E-state index contributed by atoms with van der Waals surface area (Å²) in [6.45, 7) is 3.72. The molecule has 0 spiro atoms. The molecule has 0 bridgehead atoms. The van der Waals surface area contributed by atoms with Crippen molar-refractivity contribution in [3.05, 3.63) is 89.9 Å². The standard InChI is InChI=1S/C23H25NO3/c1-2-3-14-26-21-12-7-11-20(16-21)23(25)24(18-22-13-8-15-27-22)17-19-9-5-4-6-10-19/h4-13,15-16H,2-3,14,17-18H2,1H3. The predicted octanol–water partition coefficient (Wildman–Crippen LogP) is 5.30. The molecule has 1 heterocycles. The molecule has 0 radical (unpaired) electrons. The van der Waals surface area contributed by atoms with E-state index in [1.54, 1.807) is 11.2 Å². The minimum atomic E-state index is -0.0452. The SMILES string of the molecule is CCCCOc1cccc(C(=O)N(Cc2ccccc2)Cc2ccco2)c1. The Morgan fingerprint density at radius 2 is 1.85 bits per heavy atom. The normalized spacial score (nSPS) is 10.6. The first-order valence-electron chi connectivity index (χ1n) is 9.34. The van der Waals surface area contributed by atoms with Gasteiger partial charge >= 0.3 is 0 Å². The summed E-state index contributed by atoms with van der Waals surface area (Å²) >= 11 is 0. The number of furan rings is 1. The Kier molecular flexibility index (Phi) is 6.69. The van der Waals surface area contributed by atoms with Crippen molar-refractivity contribution in [1.82, 2.24) is 4.90 Å². The molecule has 3 aromatic rings. The van der Waals surface area contributed by atoms with Crippen LogP contribution >= 0.6 is 0 Å². The molecule has 0 saturated carbocycles. The topological polar surface area (TPSA) is 42.7 Å². The van der Waals surface area contributed by atoms with E-state index in [1.807, 2.05) is 66.7 Å². The molecule has 1 aromatic heterocycles. The quantitative estimate of drug-likeness (QED) is 0.484. The fourth-order valence-electron chi connectivity index (χ4n) is 2.83. The third kappa shape index (κ3) is 5.48. The smallest absolute Gasteiger partial charge is 0.254 e. The van der Waals surface area contributed by atoms with Crippen LogP contribution in [0.2, 0.25) is 0 Å². The van der Waals surface area contributed by atoms with Crippen molar-refractivity contribution in [2.45, 2.75) is 32.9 Å². The molecule has 27 heavy (non-hydrogen) atoms. The Morgan fingerprint density at radius 3 is 2.59 bits per heavy atom. The zero-order valence-electron chi connectivity index (χ0n) is 15.6. The molecule has 0 saturated heterocycles. The molecular weight excluding hydrogens is 338 g/mol. The zero-order valence-corrected chi connectivity index (χ0v) is 15.6. The van der Waals surface area contributed by atoms with Crippen LogP contribution in [0.25, 0.3) is 0 Å². The molecule has 3 rings (SSSR count). The number of hydrogen-bond acceptors (Lipinski definition) is 3. The van der Waals surface area contributed by atoms with Crippen LogP contribution in [-0.2, 0) is 13.1 Å². The fraction of sp³-hybridized carbons (Fsp3) is 0.261. The lowest BCUT2D eigenvalue weighted by Gasteiger charge is -2.22. The highest BCUT2D eigenvalue weighted by molar-refractivity contribution is 5.94. The third-order valence-corrected chi connectivity index (χ3v) is 4.28. The van der Waals surface area contributed by atoms with Gasteiger partial charge in [0.1, 0.15) is 11.5 Å². The highest BCUT2D eigenvalue weighted by Crippen LogP contribution is 2.19. The molecule has 0 aliphatic heterocycles. The van der Waals surface area contributed by atoms with Gasteiger partial charge in [0, 0.05) is 12.1 Å². The molecule has 2 aromatic carbocycles. The molecule has 0 fully saturated rings. The van der Waals surface area contributed by atoms with E-state index < -0.39 is 0 Å². The van der Waals surface area contributed by atoms with Gasteiger partial charge in [-0.15, -0.1) is 0 Å². The fourth-order valence-corrected chi connectivity index (χ4v) is 2.83. The Morgan fingerprint density at radius 1 is 1.00 bits per heavy atom. The lowest BCUT2D eigenvalue weighted by Crippen LogP contribution is -2.30. The number of nitrogens with zero attached hydrogens (tertiary/aromatic N) is 1. The number of hydrogen-bond donors (Lipinski definition) is 0. The lowest BCUT2D eigenvalue weighted by atomic mass is 10.1. The minimum Gasteiger partial charge on any atom is -0.494 e. The highest BCUT2D eigenvalue weighted by atomic mass is 16.5. The van der Waals surface area contributed by atoms with Crippen molar-refractivity contribution in [3.63, 3.8) is 0 Å². The van der Waals surface area contributed by atoms with E-state index in [0.29, 0.717) is 25.3 Å². The van der Waals surface area contributed by atoms with E-state index in [9.17, 15) is 4.79 Å². The van der Waals surface area contributed by atoms with E-state index in [1.165, 1.54) is 0 Å². The molecule has 4 nitrogen and oxygen atoms in total. The first kappa shape index (κ1) is 18.8. The van der Waals surface area contributed by atoms with E-state index in [0.717, 1.165) is 29.9 Å². The summed E-state index contributed by atoms with van der Waals surface area (Å²) in [7, 11) is 0. The van der Waals surface area contributed by atoms with Gasteiger partial charge in [0.25, 0.3) is 5.91 Å². The lowest BCUT2D eigenvalue weighted by molar-refractivity contribution is 0.0717. The summed E-state index contributed by atoms with van der Waals surface area (Å²) in [4.78, 5) is 15.0. The van der Waals surface area contributed by atoms with E-state index in [4.69, 9.17) is 9.15 Å². The number of benzene rings is 2. The van der Waals surface area contributed by atoms with Crippen LogP contribution in [0.5, 0.6) is 5.75 Å². The van der Waals surface area contributed by atoms with E-state index in [-0.39, 0.29) is 5.91 Å². The average molecular weight is 363 g/mol. The van der Waals surface area contributed by atoms with Crippen molar-refractivity contribution in [3.8, 4) is 5.75 Å². The van der Waals surface area contributed by atoms with E-state index >= 15 is 0 Å². The summed E-state index contributed by atoms with van der Waals surface area (Å²) in [5, 5.41) is 0. The van der Waals surface area contributed by atoms with Gasteiger partial charge in [0.05, 0.1) is 19.4 Å². The van der Waals surface area contributed by atoms with Crippen LogP contribution in [0.3, 0.4) is 0 Å². The van der Waals surface area contributed by atoms with Gasteiger partial charge in [0.2, 0.25) is 0 Å². The van der Waals surface area contributed by atoms with Crippen molar-refractivity contribution in [2.75, 3.05) is 6.61 Å². The van der Waals surface area contributed by atoms with Gasteiger partial charge in [-0.3, -0.25) is 4.79 Å². The maximum Gasteiger partial charge on any atom is 0.254 e. The van der Waals surface area contributed by atoms with Gasteiger partial charge in [-0.1, -0.05) is 49.7 Å². The molecule has 4 heteroatoms. The largest absolute Gasteiger partial charge is 0.494 e. The number of rotatable bonds is 9. The summed E-state index contributed by atoms with van der Waals surface area (Å²) in [6, 6.07) is 21.1. The van der Waals surface area contributed by atoms with Gasteiger partial charge in [-0.05, 0) is 42.3 Å². The second kappa shape index (κ2) is 9.62. The Balaban J connectivity index is 1.78. The summed E-state index contributed by atoms with van der Waals surface area (Å²) in [5.41, 5.74) is 1.69. The molecule has 0 atom stereocenters. The summed E-state index contributed by atoms with van der Waals surface area (Å²) in [6.07, 6.45) is 3.70. The van der Waals surface area contributed by atoms with Crippen molar-refractivity contribution in [1.29, 1.82) is 0 Å². The maximum atomic E-state index is 13.2. The van der Waals surface area contributed by atoms with Crippen molar-refractivity contribution < 1.29 is 13.9 Å². The molecule has 0 aliphatic rings. The van der Waals surface area contributed by atoms with Gasteiger partial charge < -0.3 is 14.1 Å². The molecular formula is C23H25NO3. The molecule has 0 N–H and O–H groups in total. The van der Waals surface area contributed by atoms with Crippen LogP contribution in [0.1, 0.15) is 41.4 Å². The maximum absolute atomic E-state index is 13.2. The Labute approximate surface area is 160 Å². The van der Waals surface area contributed by atoms with Crippen LogP contribution in [0, 0.1) is 0 Å². The van der Waals surface area contributed by atoms with Crippen LogP contribution < -0.4 is 4.74 Å². The average Bonchev–Trinajstić information content (AvgIpc) is 3.21. The molecule has 0 unspecified atom stereocenters. The summed E-state index contributed by atoms with van der Waals surface area (Å²) in [5.74, 6) is 1.44. The second-order valence-corrected chi connectivity index (χ2v) is 6.46. The zero-order chi connectivity index (χ0) is 18.9. The molecule has 140 valence electrons. The first-order chi connectivity index (χ1) is 13.3. The second-order valence-electron chi connectivity index (χ2n) is 6.46. The Hall–Kier alpha value is -3.01. The van der Waals surface area contributed by atoms with Crippen LogP contribution in [-0.4, -0.2) is 17.4 Å². The van der Waals surface area contributed by atoms with Crippen LogP contribution in [0.15, 0.2) is 77.4 Å². The highest BCUT2D eigenvalue weighted by Gasteiger charge is 2.18. The van der Waals surface area contributed by atoms with Crippen molar-refractivity contribution in [2.24, 2.45) is 0 Å². The number of carbonyl (C=O) groups is 1. The molecule has 1 amide bonds. The van der Waals surface area contributed by atoms with E-state index in [2.05, 4.69) is 6.92 Å². The number of carbonyl (C=O) groups excluding carboxylic acids is 1. The molecule has 0 aliphatic carbocycles. The number of amides is 1. The van der Waals surface area contributed by atoms with Gasteiger partial charge in [0.15, 0.2) is 0 Å². The minimum absolute atomic E-state index is 0.0452. The Bertz CT molecular complexity index is 828. The van der Waals surface area contributed by atoms with Crippen LogP contribution in [0.4, 0.5) is 0 Å². The monoisotopic (exact) mass is 363 g/mol. The van der Waals surface area contributed by atoms with Gasteiger partial charge in [-0.2, -0.15) is 0 Å². The summed E-state index contributed by atoms with van der Waals surface area (Å²) < 4.78 is 11.2. The van der Waals surface area contributed by atoms with Crippen molar-refractivity contribution >= 4 is 5.91 Å². The number of unbranched alkanes of at least 4 members (excludes halogenated alkanes) is 1. The number of ether oxygens (including phenoxy) is 1. The predicted molar refractivity (Wildman–Crippen MR) is 106 cm³/mol.